The van der Waals surface area contributed by atoms with E-state index in [0.29, 0.717) is 16.3 Å². The molecule has 158 valence electrons. The second-order valence-electron chi connectivity index (χ2n) is 8.38. The fraction of sp³-hybridized carbons (Fsp3) is 0.269. The Kier molecular flexibility index (Phi) is 5.20. The first kappa shape index (κ1) is 19.8. The molecule has 1 N–H and O–H groups in total. The maximum Gasteiger partial charge on any atom is 0.255 e. The van der Waals surface area contributed by atoms with E-state index in [9.17, 15) is 4.79 Å². The van der Waals surface area contributed by atoms with Gasteiger partial charge in [-0.2, -0.15) is 0 Å². The summed E-state index contributed by atoms with van der Waals surface area (Å²) in [4.78, 5) is 17.0. The van der Waals surface area contributed by atoms with E-state index in [1.165, 1.54) is 16.3 Å². The van der Waals surface area contributed by atoms with Crippen molar-refractivity contribution in [3.63, 3.8) is 0 Å². The maximum atomic E-state index is 15.1. The van der Waals surface area contributed by atoms with Gasteiger partial charge in [-0.15, -0.1) is 0 Å². The van der Waals surface area contributed by atoms with E-state index < -0.39 is 5.82 Å². The first-order valence-corrected chi connectivity index (χ1v) is 10.8. The first-order chi connectivity index (χ1) is 15.1. The summed E-state index contributed by atoms with van der Waals surface area (Å²) in [5.74, 6) is -0.214. The van der Waals surface area contributed by atoms with Crippen LogP contribution in [0.1, 0.15) is 24.0 Å². The standard InChI is InChI=1S/C26H25FN2O2/c1-17-15-28-26(30)22-8-9-23(25(27)24(17)22)31-21-10-12-29(13-11-21)16-18-6-7-19-4-2-3-5-20(19)14-18/h2-9,14-15,21H,10-13,16H2,1H3,(H,28,30). The summed E-state index contributed by atoms with van der Waals surface area (Å²) in [5, 5.41) is 3.22. The Labute approximate surface area is 180 Å². The number of fused-ring (bicyclic) bond motifs is 2. The molecule has 1 aliphatic rings. The van der Waals surface area contributed by atoms with E-state index in [-0.39, 0.29) is 17.4 Å². The molecule has 0 radical (unpaired) electrons. The van der Waals surface area contributed by atoms with Crippen LogP contribution >= 0.6 is 0 Å². The molecule has 1 aliphatic heterocycles. The number of benzene rings is 3. The topological polar surface area (TPSA) is 45.3 Å². The van der Waals surface area contributed by atoms with Gasteiger partial charge >= 0.3 is 0 Å². The van der Waals surface area contributed by atoms with Crippen LogP contribution in [-0.2, 0) is 6.54 Å². The molecule has 0 aliphatic carbocycles. The lowest BCUT2D eigenvalue weighted by Crippen LogP contribution is -2.37. The lowest BCUT2D eigenvalue weighted by atomic mass is 10.0. The van der Waals surface area contributed by atoms with Gasteiger partial charge in [0.2, 0.25) is 0 Å². The number of ether oxygens (including phenoxy) is 1. The Morgan fingerprint density at radius 2 is 1.84 bits per heavy atom. The van der Waals surface area contributed by atoms with Gasteiger partial charge < -0.3 is 9.72 Å². The minimum absolute atomic E-state index is 0.0258. The molecule has 1 saturated heterocycles. The number of piperidine rings is 1. The average Bonchev–Trinajstić information content (AvgIpc) is 2.79. The molecule has 0 atom stereocenters. The van der Waals surface area contributed by atoms with Crippen LogP contribution in [0.25, 0.3) is 21.5 Å². The van der Waals surface area contributed by atoms with E-state index in [2.05, 4.69) is 52.3 Å². The highest BCUT2D eigenvalue weighted by Crippen LogP contribution is 2.29. The van der Waals surface area contributed by atoms with Crippen molar-refractivity contribution >= 4 is 21.5 Å². The van der Waals surface area contributed by atoms with Crippen molar-refractivity contribution in [2.24, 2.45) is 0 Å². The third kappa shape index (κ3) is 3.93. The quantitative estimate of drug-likeness (QED) is 0.499. The van der Waals surface area contributed by atoms with Crippen molar-refractivity contribution in [3.05, 3.63) is 88.1 Å². The second-order valence-corrected chi connectivity index (χ2v) is 8.38. The van der Waals surface area contributed by atoms with Gasteiger partial charge in [0, 0.05) is 31.2 Å². The Bertz CT molecular complexity index is 1310. The number of likely N-dealkylation sites (tertiary alicyclic amines) is 1. The van der Waals surface area contributed by atoms with Gasteiger partial charge in [0.05, 0.1) is 5.39 Å². The number of pyridine rings is 1. The largest absolute Gasteiger partial charge is 0.487 e. The molecule has 4 aromatic rings. The predicted octanol–water partition coefficient (Wildman–Crippen LogP) is 5.17. The summed E-state index contributed by atoms with van der Waals surface area (Å²) in [5.41, 5.74) is 1.72. The molecule has 31 heavy (non-hydrogen) atoms. The SMILES string of the molecule is Cc1c[nH]c(=O)c2ccc(OC3CCN(Cc4ccc5ccccc5c4)CC3)c(F)c12. The monoisotopic (exact) mass is 416 g/mol. The van der Waals surface area contributed by atoms with Crippen LogP contribution in [0.4, 0.5) is 4.39 Å². The zero-order valence-corrected chi connectivity index (χ0v) is 17.5. The first-order valence-electron chi connectivity index (χ1n) is 10.8. The predicted molar refractivity (Wildman–Crippen MR) is 122 cm³/mol. The fourth-order valence-electron chi connectivity index (χ4n) is 4.51. The molecule has 0 saturated carbocycles. The summed E-state index contributed by atoms with van der Waals surface area (Å²) < 4.78 is 21.1. The molecule has 1 aromatic heterocycles. The third-order valence-electron chi connectivity index (χ3n) is 6.21. The van der Waals surface area contributed by atoms with Crippen molar-refractivity contribution in [2.75, 3.05) is 13.1 Å². The molecule has 2 heterocycles. The van der Waals surface area contributed by atoms with Crippen LogP contribution < -0.4 is 10.3 Å². The smallest absolute Gasteiger partial charge is 0.255 e. The third-order valence-corrected chi connectivity index (χ3v) is 6.21. The number of halogens is 1. The van der Waals surface area contributed by atoms with Crippen molar-refractivity contribution in [3.8, 4) is 5.75 Å². The normalized spacial score (nSPS) is 15.5. The van der Waals surface area contributed by atoms with Gasteiger partial charge in [0.15, 0.2) is 11.6 Å². The number of hydrogen-bond acceptors (Lipinski definition) is 3. The number of hydrogen-bond donors (Lipinski definition) is 1. The number of aromatic amines is 1. The van der Waals surface area contributed by atoms with E-state index in [0.717, 1.165) is 32.5 Å². The molecular formula is C26H25FN2O2. The van der Waals surface area contributed by atoms with E-state index in [4.69, 9.17) is 4.74 Å². The Hall–Kier alpha value is -3.18. The van der Waals surface area contributed by atoms with Crippen LogP contribution in [0.5, 0.6) is 5.75 Å². The molecule has 4 nitrogen and oxygen atoms in total. The number of H-pyrrole nitrogens is 1. The molecule has 0 unspecified atom stereocenters. The van der Waals surface area contributed by atoms with Crippen LogP contribution in [0.2, 0.25) is 0 Å². The molecule has 5 rings (SSSR count). The van der Waals surface area contributed by atoms with Gasteiger partial charge in [-0.1, -0.05) is 36.4 Å². The van der Waals surface area contributed by atoms with Gasteiger partial charge in [-0.05, 0) is 59.9 Å². The van der Waals surface area contributed by atoms with Crippen molar-refractivity contribution in [1.82, 2.24) is 9.88 Å². The average molecular weight is 416 g/mol. The minimum atomic E-state index is -0.445. The number of nitrogens with one attached hydrogen (secondary N) is 1. The lowest BCUT2D eigenvalue weighted by molar-refractivity contribution is 0.0938. The lowest BCUT2D eigenvalue weighted by Gasteiger charge is -2.32. The molecular weight excluding hydrogens is 391 g/mol. The Morgan fingerprint density at radius 1 is 1.06 bits per heavy atom. The number of nitrogens with zero attached hydrogens (tertiary/aromatic N) is 1. The van der Waals surface area contributed by atoms with Gasteiger partial charge in [0.1, 0.15) is 6.10 Å². The van der Waals surface area contributed by atoms with E-state index in [1.807, 2.05) is 0 Å². The Balaban J connectivity index is 1.25. The van der Waals surface area contributed by atoms with Crippen LogP contribution in [-0.4, -0.2) is 29.1 Å². The number of aryl methyl sites for hydroxylation is 1. The summed E-state index contributed by atoms with van der Waals surface area (Å²) in [6, 6.07) is 18.3. The van der Waals surface area contributed by atoms with Crippen molar-refractivity contribution in [1.29, 1.82) is 0 Å². The highest BCUT2D eigenvalue weighted by molar-refractivity contribution is 5.86. The van der Waals surface area contributed by atoms with Crippen LogP contribution in [0.3, 0.4) is 0 Å². The molecule has 0 amide bonds. The summed E-state index contributed by atoms with van der Waals surface area (Å²) in [6.07, 6.45) is 3.21. The number of rotatable bonds is 4. The highest BCUT2D eigenvalue weighted by atomic mass is 19.1. The van der Waals surface area contributed by atoms with Crippen molar-refractivity contribution in [2.45, 2.75) is 32.4 Å². The zero-order valence-electron chi connectivity index (χ0n) is 17.5. The van der Waals surface area contributed by atoms with E-state index in [1.54, 1.807) is 25.3 Å². The molecule has 3 aromatic carbocycles. The van der Waals surface area contributed by atoms with Gasteiger partial charge in [-0.25, -0.2) is 4.39 Å². The summed E-state index contributed by atoms with van der Waals surface area (Å²) in [6.45, 7) is 4.51. The number of aromatic nitrogens is 1. The zero-order chi connectivity index (χ0) is 21.4. The molecule has 1 fully saturated rings. The summed E-state index contributed by atoms with van der Waals surface area (Å²) >= 11 is 0. The molecule has 5 heteroatoms. The highest BCUT2D eigenvalue weighted by Gasteiger charge is 2.23. The molecule has 0 bridgehead atoms. The Morgan fingerprint density at radius 3 is 2.65 bits per heavy atom. The maximum absolute atomic E-state index is 15.1. The van der Waals surface area contributed by atoms with Gasteiger partial charge in [-0.3, -0.25) is 9.69 Å². The fourth-order valence-corrected chi connectivity index (χ4v) is 4.51. The van der Waals surface area contributed by atoms with Crippen LogP contribution in [0.15, 0.2) is 65.6 Å². The van der Waals surface area contributed by atoms with E-state index >= 15 is 4.39 Å². The minimum Gasteiger partial charge on any atom is -0.487 e. The van der Waals surface area contributed by atoms with Gasteiger partial charge in [0.25, 0.3) is 5.56 Å². The molecule has 0 spiro atoms. The van der Waals surface area contributed by atoms with Crippen molar-refractivity contribution < 1.29 is 9.13 Å². The summed E-state index contributed by atoms with van der Waals surface area (Å²) in [7, 11) is 0. The van der Waals surface area contributed by atoms with Crippen LogP contribution in [0, 0.1) is 12.7 Å². The second kappa shape index (κ2) is 8.16.